The van der Waals surface area contributed by atoms with Crippen LogP contribution in [0.2, 0.25) is 0 Å². The lowest BCUT2D eigenvalue weighted by Gasteiger charge is -2.44. The van der Waals surface area contributed by atoms with Crippen LogP contribution in [0.5, 0.6) is 11.5 Å². The minimum Gasteiger partial charge on any atom is -0.508 e. The van der Waals surface area contributed by atoms with Crippen molar-refractivity contribution < 1.29 is 9.84 Å². The minimum absolute atomic E-state index is 0.299. The van der Waals surface area contributed by atoms with E-state index in [1.54, 1.807) is 12.1 Å². The molecule has 1 saturated heterocycles. The van der Waals surface area contributed by atoms with Crippen molar-refractivity contribution in [3.05, 3.63) is 23.8 Å². The number of hydrogen-bond acceptors (Lipinski definition) is 3. The molecule has 0 bridgehead atoms. The van der Waals surface area contributed by atoms with Crippen LogP contribution in [0.3, 0.4) is 0 Å². The third-order valence-corrected chi connectivity index (χ3v) is 4.21. The number of nitrogens with zero attached hydrogens (tertiary/aromatic N) is 1. The highest BCUT2D eigenvalue weighted by Gasteiger charge is 2.37. The molecule has 98 valence electrons. The zero-order valence-electron chi connectivity index (χ0n) is 10.9. The predicted molar refractivity (Wildman–Crippen MR) is 71.2 cm³/mol. The van der Waals surface area contributed by atoms with Gasteiger partial charge < -0.3 is 9.84 Å². The highest BCUT2D eigenvalue weighted by atomic mass is 16.5. The lowest BCUT2D eigenvalue weighted by molar-refractivity contribution is 0.0658. The number of likely N-dealkylation sites (tertiary alicyclic amines) is 1. The molecule has 0 spiro atoms. The van der Waals surface area contributed by atoms with Gasteiger partial charge in [-0.2, -0.15) is 0 Å². The fraction of sp³-hybridized carbons (Fsp3) is 0.600. The lowest BCUT2D eigenvalue weighted by atomic mass is 9.81. The van der Waals surface area contributed by atoms with Gasteiger partial charge in [-0.25, -0.2) is 0 Å². The first-order valence-electron chi connectivity index (χ1n) is 6.99. The maximum Gasteiger partial charge on any atom is 0.126 e. The van der Waals surface area contributed by atoms with Crippen molar-refractivity contribution in [2.24, 2.45) is 0 Å². The molecule has 2 heterocycles. The maximum atomic E-state index is 9.53. The highest BCUT2D eigenvalue weighted by molar-refractivity contribution is 5.44. The number of phenols is 1. The summed E-state index contributed by atoms with van der Waals surface area (Å²) in [5, 5.41) is 9.53. The van der Waals surface area contributed by atoms with E-state index in [1.165, 1.54) is 31.4 Å². The zero-order valence-corrected chi connectivity index (χ0v) is 10.9. The molecule has 0 unspecified atom stereocenters. The van der Waals surface area contributed by atoms with Crippen molar-refractivity contribution in [1.82, 2.24) is 4.90 Å². The number of phenolic OH excluding ortho intramolecular Hbond substituents is 1. The molecular weight excluding hydrogens is 226 g/mol. The van der Waals surface area contributed by atoms with E-state index in [0.717, 1.165) is 18.9 Å². The molecule has 1 fully saturated rings. The van der Waals surface area contributed by atoms with Crippen molar-refractivity contribution in [2.45, 2.75) is 38.1 Å². The summed E-state index contributed by atoms with van der Waals surface area (Å²) in [6, 6.07) is 6.10. The normalized spacial score (nSPS) is 27.2. The van der Waals surface area contributed by atoms with E-state index in [-0.39, 0.29) is 0 Å². The first kappa shape index (κ1) is 11.8. The Morgan fingerprint density at radius 3 is 3.17 bits per heavy atom. The van der Waals surface area contributed by atoms with Gasteiger partial charge in [0.25, 0.3) is 0 Å². The van der Waals surface area contributed by atoms with Crippen molar-refractivity contribution in [1.29, 1.82) is 0 Å². The molecule has 3 rings (SSSR count). The van der Waals surface area contributed by atoms with Crippen LogP contribution in [-0.2, 0) is 0 Å². The largest absolute Gasteiger partial charge is 0.508 e. The number of piperidine rings is 1. The van der Waals surface area contributed by atoms with Crippen LogP contribution in [0.15, 0.2) is 18.2 Å². The molecule has 2 aliphatic rings. The topological polar surface area (TPSA) is 32.7 Å². The quantitative estimate of drug-likeness (QED) is 0.872. The number of rotatable bonds is 2. The van der Waals surface area contributed by atoms with E-state index >= 15 is 0 Å². The van der Waals surface area contributed by atoms with Crippen molar-refractivity contribution >= 4 is 0 Å². The molecule has 2 atom stereocenters. The second kappa shape index (κ2) is 4.81. The standard InChI is InChI=1S/C15H21NO2/c1-2-7-16-8-3-4-12-13-6-5-11(17)9-15(13)18-10-14(12)16/h5-6,9,12,14,17H,2-4,7-8,10H2,1H3/t12-,14-/m0/s1. The Kier molecular flexibility index (Phi) is 3.16. The SMILES string of the molecule is CCCN1CCC[C@H]2c3ccc(O)cc3OC[C@@H]21. The summed E-state index contributed by atoms with van der Waals surface area (Å²) in [4.78, 5) is 2.57. The average molecular weight is 247 g/mol. The fourth-order valence-corrected chi connectivity index (χ4v) is 3.41. The van der Waals surface area contributed by atoms with E-state index < -0.39 is 0 Å². The summed E-state index contributed by atoms with van der Waals surface area (Å²) in [7, 11) is 0. The van der Waals surface area contributed by atoms with Gasteiger partial charge in [-0.15, -0.1) is 0 Å². The second-order valence-electron chi connectivity index (χ2n) is 5.39. The zero-order chi connectivity index (χ0) is 12.5. The van der Waals surface area contributed by atoms with Gasteiger partial charge in [0.05, 0.1) is 6.04 Å². The molecular formula is C15H21NO2. The number of aromatic hydroxyl groups is 1. The third-order valence-electron chi connectivity index (χ3n) is 4.21. The Balaban J connectivity index is 1.89. The Hall–Kier alpha value is -1.22. The number of ether oxygens (including phenoxy) is 1. The summed E-state index contributed by atoms with van der Waals surface area (Å²) >= 11 is 0. The van der Waals surface area contributed by atoms with Crippen LogP contribution in [0, 0.1) is 0 Å². The van der Waals surface area contributed by atoms with Gasteiger partial charge in [-0.1, -0.05) is 13.0 Å². The van der Waals surface area contributed by atoms with E-state index in [2.05, 4.69) is 11.8 Å². The highest BCUT2D eigenvalue weighted by Crippen LogP contribution is 2.42. The van der Waals surface area contributed by atoms with Crippen LogP contribution in [0.4, 0.5) is 0 Å². The van der Waals surface area contributed by atoms with Gasteiger partial charge in [0, 0.05) is 12.0 Å². The van der Waals surface area contributed by atoms with Gasteiger partial charge >= 0.3 is 0 Å². The number of benzene rings is 1. The van der Waals surface area contributed by atoms with E-state index in [0.29, 0.717) is 17.7 Å². The van der Waals surface area contributed by atoms with Crippen molar-refractivity contribution in [2.75, 3.05) is 19.7 Å². The van der Waals surface area contributed by atoms with Gasteiger partial charge in [0.1, 0.15) is 18.1 Å². The molecule has 1 aromatic carbocycles. The molecule has 1 N–H and O–H groups in total. The second-order valence-corrected chi connectivity index (χ2v) is 5.39. The van der Waals surface area contributed by atoms with Gasteiger partial charge in [0.15, 0.2) is 0 Å². The maximum absolute atomic E-state index is 9.53. The van der Waals surface area contributed by atoms with E-state index in [1.807, 2.05) is 6.07 Å². The molecule has 0 radical (unpaired) electrons. The van der Waals surface area contributed by atoms with E-state index in [4.69, 9.17) is 4.74 Å². The number of fused-ring (bicyclic) bond motifs is 3. The summed E-state index contributed by atoms with van der Waals surface area (Å²) in [6.07, 6.45) is 3.71. The first-order valence-corrected chi connectivity index (χ1v) is 6.99. The molecule has 0 saturated carbocycles. The molecule has 0 aromatic heterocycles. The molecule has 1 aromatic rings. The summed E-state index contributed by atoms with van der Waals surface area (Å²) < 4.78 is 5.85. The van der Waals surface area contributed by atoms with E-state index in [9.17, 15) is 5.11 Å². The molecule has 3 heteroatoms. The molecule has 2 aliphatic heterocycles. The third kappa shape index (κ3) is 1.97. The molecule has 18 heavy (non-hydrogen) atoms. The predicted octanol–water partition coefficient (Wildman–Crippen LogP) is 2.74. The van der Waals surface area contributed by atoms with Crippen LogP contribution in [0.25, 0.3) is 0 Å². The Morgan fingerprint density at radius 2 is 2.33 bits per heavy atom. The average Bonchev–Trinajstić information content (AvgIpc) is 2.38. The Morgan fingerprint density at radius 1 is 1.44 bits per heavy atom. The van der Waals surface area contributed by atoms with Gasteiger partial charge in [-0.05, 0) is 44.0 Å². The van der Waals surface area contributed by atoms with Crippen molar-refractivity contribution in [3.63, 3.8) is 0 Å². The van der Waals surface area contributed by atoms with Gasteiger partial charge in [-0.3, -0.25) is 4.90 Å². The van der Waals surface area contributed by atoms with Crippen molar-refractivity contribution in [3.8, 4) is 11.5 Å². The van der Waals surface area contributed by atoms with Crippen LogP contribution in [-0.4, -0.2) is 35.7 Å². The summed E-state index contributed by atoms with van der Waals surface area (Å²) in [6.45, 7) is 5.37. The first-order chi connectivity index (χ1) is 8.79. The molecule has 3 nitrogen and oxygen atoms in total. The van der Waals surface area contributed by atoms with Crippen LogP contribution in [0.1, 0.15) is 37.7 Å². The smallest absolute Gasteiger partial charge is 0.126 e. The Labute approximate surface area is 108 Å². The number of hydrogen-bond donors (Lipinski definition) is 1. The minimum atomic E-state index is 0.299. The monoisotopic (exact) mass is 247 g/mol. The van der Waals surface area contributed by atoms with Crippen LogP contribution < -0.4 is 4.74 Å². The Bertz CT molecular complexity index is 431. The lowest BCUT2D eigenvalue weighted by Crippen LogP contribution is -2.49. The van der Waals surface area contributed by atoms with Crippen LogP contribution >= 0.6 is 0 Å². The molecule has 0 amide bonds. The molecule has 0 aliphatic carbocycles. The summed E-state index contributed by atoms with van der Waals surface area (Å²) in [5.74, 6) is 1.76. The fourth-order valence-electron chi connectivity index (χ4n) is 3.41. The van der Waals surface area contributed by atoms with Gasteiger partial charge in [0.2, 0.25) is 0 Å². The summed E-state index contributed by atoms with van der Waals surface area (Å²) in [5.41, 5.74) is 1.28.